The molecule has 0 heterocycles. The Morgan fingerprint density at radius 3 is 2.20 bits per heavy atom. The van der Waals surface area contributed by atoms with Gasteiger partial charge in [0.1, 0.15) is 5.25 Å². The maximum Gasteiger partial charge on any atom is 0.155 e. The lowest BCUT2D eigenvalue weighted by Gasteiger charge is -2.19. The summed E-state index contributed by atoms with van der Waals surface area (Å²) in [7, 11) is -3.46. The van der Waals surface area contributed by atoms with Gasteiger partial charge in [-0.1, -0.05) is 30.3 Å². The number of benzene rings is 1. The van der Waals surface area contributed by atoms with Gasteiger partial charge in [0.05, 0.1) is 12.7 Å². The molecular formula is C10H14O4S. The molecule has 2 atom stereocenters. The number of sulfone groups is 1. The number of rotatable bonds is 4. The highest BCUT2D eigenvalue weighted by Gasteiger charge is 2.29. The van der Waals surface area contributed by atoms with Gasteiger partial charge in [-0.3, -0.25) is 0 Å². The van der Waals surface area contributed by atoms with Crippen molar-refractivity contribution in [3.05, 3.63) is 35.9 Å². The first kappa shape index (κ1) is 12.2. The van der Waals surface area contributed by atoms with Gasteiger partial charge in [-0.05, 0) is 5.56 Å². The molecule has 2 N–H and O–H groups in total. The van der Waals surface area contributed by atoms with E-state index in [2.05, 4.69) is 0 Å². The summed E-state index contributed by atoms with van der Waals surface area (Å²) in [5.41, 5.74) is 0.488. The van der Waals surface area contributed by atoms with Crippen LogP contribution in [0.3, 0.4) is 0 Å². The van der Waals surface area contributed by atoms with E-state index in [4.69, 9.17) is 5.11 Å². The largest absolute Gasteiger partial charge is 0.395 e. The molecular weight excluding hydrogens is 216 g/mol. The first-order valence-electron chi connectivity index (χ1n) is 4.49. The Kier molecular flexibility index (Phi) is 3.84. The Labute approximate surface area is 89.1 Å². The third-order valence-corrected chi connectivity index (χ3v) is 3.73. The molecule has 0 aliphatic rings. The van der Waals surface area contributed by atoms with Gasteiger partial charge in [-0.15, -0.1) is 0 Å². The van der Waals surface area contributed by atoms with Crippen LogP contribution in [-0.4, -0.2) is 36.7 Å². The van der Waals surface area contributed by atoms with Crippen molar-refractivity contribution in [3.8, 4) is 0 Å². The minimum absolute atomic E-state index is 0.488. The number of aliphatic hydroxyl groups is 2. The van der Waals surface area contributed by atoms with Gasteiger partial charge in [-0.2, -0.15) is 0 Å². The van der Waals surface area contributed by atoms with Crippen LogP contribution in [0, 0.1) is 0 Å². The smallest absolute Gasteiger partial charge is 0.155 e. The summed E-state index contributed by atoms with van der Waals surface area (Å²) in [6.45, 7) is -0.588. The molecule has 4 nitrogen and oxygen atoms in total. The van der Waals surface area contributed by atoms with E-state index in [9.17, 15) is 13.5 Å². The van der Waals surface area contributed by atoms with Gasteiger partial charge >= 0.3 is 0 Å². The van der Waals surface area contributed by atoms with Crippen molar-refractivity contribution in [1.82, 2.24) is 0 Å². The average molecular weight is 230 g/mol. The first-order valence-corrected chi connectivity index (χ1v) is 6.45. The highest BCUT2D eigenvalue weighted by molar-refractivity contribution is 7.91. The molecule has 0 radical (unpaired) electrons. The summed E-state index contributed by atoms with van der Waals surface area (Å²) in [6.07, 6.45) is -0.189. The van der Waals surface area contributed by atoms with Gasteiger partial charge in [0.2, 0.25) is 0 Å². The second kappa shape index (κ2) is 4.74. The molecule has 84 valence electrons. The second-order valence-electron chi connectivity index (χ2n) is 3.41. The maximum absolute atomic E-state index is 11.3. The Morgan fingerprint density at radius 1 is 1.27 bits per heavy atom. The van der Waals surface area contributed by atoms with Crippen LogP contribution in [0.2, 0.25) is 0 Å². The second-order valence-corrected chi connectivity index (χ2v) is 5.67. The first-order chi connectivity index (χ1) is 6.96. The molecule has 5 heteroatoms. The summed E-state index contributed by atoms with van der Waals surface area (Å²) in [5.74, 6) is 0. The Balaban J connectivity index is 2.98. The van der Waals surface area contributed by atoms with Crippen LogP contribution in [0.1, 0.15) is 11.7 Å². The third kappa shape index (κ3) is 3.02. The zero-order valence-corrected chi connectivity index (χ0v) is 9.18. The summed E-state index contributed by atoms with van der Waals surface area (Å²) >= 11 is 0. The van der Waals surface area contributed by atoms with Gasteiger partial charge in [0, 0.05) is 6.26 Å². The van der Waals surface area contributed by atoms with E-state index in [0.717, 1.165) is 6.26 Å². The van der Waals surface area contributed by atoms with Gasteiger partial charge < -0.3 is 10.2 Å². The minimum atomic E-state index is -3.46. The predicted octanol–water partition coefficient (Wildman–Crippen LogP) is 0.125. The fraction of sp³-hybridized carbons (Fsp3) is 0.400. The van der Waals surface area contributed by atoms with Crippen LogP contribution in [0.15, 0.2) is 30.3 Å². The molecule has 0 amide bonds. The lowest BCUT2D eigenvalue weighted by molar-refractivity contribution is 0.138. The quantitative estimate of drug-likeness (QED) is 0.770. The van der Waals surface area contributed by atoms with Gasteiger partial charge in [-0.25, -0.2) is 8.42 Å². The predicted molar refractivity (Wildman–Crippen MR) is 57.1 cm³/mol. The number of hydrogen-bond donors (Lipinski definition) is 2. The van der Waals surface area contributed by atoms with Crippen molar-refractivity contribution in [1.29, 1.82) is 0 Å². The summed E-state index contributed by atoms with van der Waals surface area (Å²) in [6, 6.07) is 8.42. The normalized spacial score (nSPS) is 15.9. The van der Waals surface area contributed by atoms with E-state index in [1.807, 2.05) is 0 Å². The molecule has 1 rings (SSSR count). The van der Waals surface area contributed by atoms with Crippen molar-refractivity contribution < 1.29 is 18.6 Å². The Morgan fingerprint density at radius 2 is 1.80 bits per heavy atom. The fourth-order valence-corrected chi connectivity index (χ4v) is 2.23. The van der Waals surface area contributed by atoms with Gasteiger partial charge in [0.15, 0.2) is 9.84 Å². The van der Waals surface area contributed by atoms with E-state index in [0.29, 0.717) is 5.56 Å². The Hall–Kier alpha value is -0.910. The Bertz CT molecular complexity index is 399. The lowest BCUT2D eigenvalue weighted by Crippen LogP contribution is -2.31. The minimum Gasteiger partial charge on any atom is -0.395 e. The topological polar surface area (TPSA) is 74.6 Å². The summed E-state index contributed by atoms with van der Waals surface area (Å²) in [5, 5.41) is 17.6. The molecule has 0 saturated heterocycles. The molecule has 0 fully saturated rings. The van der Waals surface area contributed by atoms with Crippen LogP contribution < -0.4 is 0 Å². The van der Waals surface area contributed by atoms with Crippen LogP contribution in [0.5, 0.6) is 0 Å². The molecule has 0 saturated carbocycles. The molecule has 1 aromatic rings. The highest BCUT2D eigenvalue weighted by atomic mass is 32.2. The zero-order valence-electron chi connectivity index (χ0n) is 8.37. The van der Waals surface area contributed by atoms with E-state index >= 15 is 0 Å². The SMILES string of the molecule is CS(=O)(=O)[C@H](CO)[C@H](O)c1ccccc1. The maximum atomic E-state index is 11.3. The highest BCUT2D eigenvalue weighted by Crippen LogP contribution is 2.20. The third-order valence-electron chi connectivity index (χ3n) is 2.22. The van der Waals surface area contributed by atoms with Crippen LogP contribution in [0.25, 0.3) is 0 Å². The lowest BCUT2D eigenvalue weighted by atomic mass is 10.1. The van der Waals surface area contributed by atoms with E-state index in [1.165, 1.54) is 0 Å². The molecule has 0 unspecified atom stereocenters. The van der Waals surface area contributed by atoms with Crippen molar-refractivity contribution in [2.45, 2.75) is 11.4 Å². The zero-order chi connectivity index (χ0) is 11.5. The standard InChI is InChI=1S/C10H14O4S/c1-15(13,14)9(7-11)10(12)8-5-3-2-4-6-8/h2-6,9-12H,7H2,1H3/t9-,10-/m1/s1. The van der Waals surface area contributed by atoms with E-state index in [1.54, 1.807) is 30.3 Å². The molecule has 15 heavy (non-hydrogen) atoms. The number of hydrogen-bond acceptors (Lipinski definition) is 4. The monoisotopic (exact) mass is 230 g/mol. The summed E-state index contributed by atoms with van der Waals surface area (Å²) in [4.78, 5) is 0. The van der Waals surface area contributed by atoms with Crippen LogP contribution in [-0.2, 0) is 9.84 Å². The van der Waals surface area contributed by atoms with Gasteiger partial charge in [0.25, 0.3) is 0 Å². The van der Waals surface area contributed by atoms with Crippen LogP contribution in [0.4, 0.5) is 0 Å². The van der Waals surface area contributed by atoms with Crippen molar-refractivity contribution in [2.24, 2.45) is 0 Å². The average Bonchev–Trinajstić information content (AvgIpc) is 2.18. The molecule has 0 aromatic heterocycles. The molecule has 0 aliphatic heterocycles. The molecule has 0 aliphatic carbocycles. The van der Waals surface area contributed by atoms with Crippen molar-refractivity contribution in [2.75, 3.05) is 12.9 Å². The van der Waals surface area contributed by atoms with E-state index < -0.39 is 27.8 Å². The van der Waals surface area contributed by atoms with Crippen molar-refractivity contribution in [3.63, 3.8) is 0 Å². The van der Waals surface area contributed by atoms with Crippen LogP contribution >= 0.6 is 0 Å². The summed E-state index contributed by atoms with van der Waals surface area (Å²) < 4.78 is 22.5. The van der Waals surface area contributed by atoms with Crippen molar-refractivity contribution >= 4 is 9.84 Å². The molecule has 0 spiro atoms. The number of aliphatic hydroxyl groups excluding tert-OH is 2. The van der Waals surface area contributed by atoms with E-state index in [-0.39, 0.29) is 0 Å². The fourth-order valence-electron chi connectivity index (χ4n) is 1.33. The molecule has 0 bridgehead atoms. The molecule has 1 aromatic carbocycles.